The van der Waals surface area contributed by atoms with Gasteiger partial charge < -0.3 is 15.5 Å². The maximum atomic E-state index is 12.1. The van der Waals surface area contributed by atoms with Crippen molar-refractivity contribution in [1.82, 2.24) is 9.80 Å². The summed E-state index contributed by atoms with van der Waals surface area (Å²) in [7, 11) is 4.12. The first-order valence-electron chi connectivity index (χ1n) is 6.66. The van der Waals surface area contributed by atoms with E-state index in [2.05, 4.69) is 19.0 Å². The molecule has 0 aliphatic heterocycles. The van der Waals surface area contributed by atoms with Gasteiger partial charge in [-0.2, -0.15) is 0 Å². The van der Waals surface area contributed by atoms with Crippen LogP contribution in [-0.4, -0.2) is 56.0 Å². The molecular formula is C13H29N3O. The van der Waals surface area contributed by atoms with Gasteiger partial charge in [0, 0.05) is 19.0 Å². The second kappa shape index (κ2) is 9.42. The van der Waals surface area contributed by atoms with Crippen LogP contribution in [0.25, 0.3) is 0 Å². The molecule has 0 spiro atoms. The minimum Gasteiger partial charge on any atom is -0.343 e. The SMILES string of the molecule is CCN(CCCN(C)C)C(=O)C(C)CCCN. The number of rotatable bonds is 9. The molecule has 1 atom stereocenters. The Kier molecular flexibility index (Phi) is 9.09. The van der Waals surface area contributed by atoms with Crippen LogP contribution in [0.15, 0.2) is 0 Å². The third-order valence-electron chi connectivity index (χ3n) is 2.99. The second-order valence-electron chi connectivity index (χ2n) is 4.91. The molecule has 0 fully saturated rings. The Hall–Kier alpha value is -0.610. The van der Waals surface area contributed by atoms with Gasteiger partial charge in [-0.1, -0.05) is 6.92 Å². The van der Waals surface area contributed by atoms with Crippen LogP contribution in [0.5, 0.6) is 0 Å². The normalized spacial score (nSPS) is 12.8. The first kappa shape index (κ1) is 16.4. The molecule has 102 valence electrons. The van der Waals surface area contributed by atoms with Crippen molar-refractivity contribution >= 4 is 5.91 Å². The predicted octanol–water partition coefficient (Wildman–Crippen LogP) is 1.16. The van der Waals surface area contributed by atoms with Gasteiger partial charge in [-0.05, 0) is 53.4 Å². The number of hydrogen-bond acceptors (Lipinski definition) is 3. The first-order chi connectivity index (χ1) is 8.02. The molecule has 0 aliphatic carbocycles. The van der Waals surface area contributed by atoms with Gasteiger partial charge in [0.2, 0.25) is 5.91 Å². The van der Waals surface area contributed by atoms with Crippen LogP contribution in [0.3, 0.4) is 0 Å². The fourth-order valence-corrected chi connectivity index (χ4v) is 1.86. The molecule has 1 unspecified atom stereocenters. The molecule has 0 aromatic rings. The molecule has 2 N–H and O–H groups in total. The highest BCUT2D eigenvalue weighted by Crippen LogP contribution is 2.09. The van der Waals surface area contributed by atoms with Crippen molar-refractivity contribution in [2.75, 3.05) is 40.3 Å². The third kappa shape index (κ3) is 7.34. The number of hydrogen-bond donors (Lipinski definition) is 1. The van der Waals surface area contributed by atoms with Gasteiger partial charge >= 0.3 is 0 Å². The molecular weight excluding hydrogens is 214 g/mol. The zero-order valence-electron chi connectivity index (χ0n) is 11.9. The van der Waals surface area contributed by atoms with Crippen molar-refractivity contribution in [1.29, 1.82) is 0 Å². The summed E-state index contributed by atoms with van der Waals surface area (Å²) in [5.74, 6) is 0.387. The van der Waals surface area contributed by atoms with E-state index in [-0.39, 0.29) is 11.8 Å². The molecule has 0 aromatic heterocycles. The molecule has 0 heterocycles. The lowest BCUT2D eigenvalue weighted by Crippen LogP contribution is -2.37. The molecule has 1 amide bonds. The van der Waals surface area contributed by atoms with Crippen molar-refractivity contribution in [2.24, 2.45) is 11.7 Å². The molecule has 0 aromatic carbocycles. The average Bonchev–Trinajstić information content (AvgIpc) is 2.30. The summed E-state index contributed by atoms with van der Waals surface area (Å²) in [5, 5.41) is 0. The molecule has 0 radical (unpaired) electrons. The molecule has 0 saturated carbocycles. The quantitative estimate of drug-likeness (QED) is 0.661. The number of carbonyl (C=O) groups excluding carboxylic acids is 1. The van der Waals surface area contributed by atoms with Crippen LogP contribution >= 0.6 is 0 Å². The summed E-state index contributed by atoms with van der Waals surface area (Å²) in [6, 6.07) is 0. The van der Waals surface area contributed by atoms with E-state index in [0.29, 0.717) is 6.54 Å². The molecule has 0 bridgehead atoms. The topological polar surface area (TPSA) is 49.6 Å². The van der Waals surface area contributed by atoms with Gasteiger partial charge in [0.1, 0.15) is 0 Å². The van der Waals surface area contributed by atoms with Crippen molar-refractivity contribution in [3.63, 3.8) is 0 Å². The summed E-state index contributed by atoms with van der Waals surface area (Å²) < 4.78 is 0. The third-order valence-corrected chi connectivity index (χ3v) is 2.99. The number of nitrogens with zero attached hydrogens (tertiary/aromatic N) is 2. The largest absolute Gasteiger partial charge is 0.343 e. The summed E-state index contributed by atoms with van der Waals surface area (Å²) in [6.45, 7) is 7.42. The summed E-state index contributed by atoms with van der Waals surface area (Å²) >= 11 is 0. The van der Waals surface area contributed by atoms with E-state index in [1.807, 2.05) is 18.7 Å². The fourth-order valence-electron chi connectivity index (χ4n) is 1.86. The second-order valence-corrected chi connectivity index (χ2v) is 4.91. The lowest BCUT2D eigenvalue weighted by atomic mass is 10.0. The Balaban J connectivity index is 4.01. The molecule has 0 aliphatic rings. The van der Waals surface area contributed by atoms with E-state index in [0.717, 1.165) is 38.9 Å². The van der Waals surface area contributed by atoms with Crippen LogP contribution in [0.2, 0.25) is 0 Å². The number of nitrogens with two attached hydrogens (primary N) is 1. The average molecular weight is 243 g/mol. The lowest BCUT2D eigenvalue weighted by Gasteiger charge is -2.25. The predicted molar refractivity (Wildman–Crippen MR) is 72.9 cm³/mol. The fraction of sp³-hybridized carbons (Fsp3) is 0.923. The van der Waals surface area contributed by atoms with Crippen LogP contribution in [0, 0.1) is 5.92 Å². The smallest absolute Gasteiger partial charge is 0.225 e. The van der Waals surface area contributed by atoms with Gasteiger partial charge in [0.15, 0.2) is 0 Å². The zero-order valence-corrected chi connectivity index (χ0v) is 11.9. The Labute approximate surface area is 106 Å². The maximum Gasteiger partial charge on any atom is 0.225 e. The number of carbonyl (C=O) groups is 1. The summed E-state index contributed by atoms with van der Waals surface area (Å²) in [4.78, 5) is 16.2. The van der Waals surface area contributed by atoms with Gasteiger partial charge in [0.25, 0.3) is 0 Å². The van der Waals surface area contributed by atoms with Gasteiger partial charge in [-0.25, -0.2) is 0 Å². The minimum absolute atomic E-state index is 0.109. The standard InChI is InChI=1S/C13H29N3O/c1-5-16(11-7-10-15(3)4)13(17)12(2)8-6-9-14/h12H,5-11,14H2,1-4H3. The number of amides is 1. The van der Waals surface area contributed by atoms with E-state index >= 15 is 0 Å². The first-order valence-corrected chi connectivity index (χ1v) is 6.66. The molecule has 0 saturated heterocycles. The van der Waals surface area contributed by atoms with E-state index in [1.165, 1.54) is 0 Å². The monoisotopic (exact) mass is 243 g/mol. The lowest BCUT2D eigenvalue weighted by molar-refractivity contribution is -0.135. The highest BCUT2D eigenvalue weighted by Gasteiger charge is 2.18. The van der Waals surface area contributed by atoms with E-state index in [9.17, 15) is 4.79 Å². The Morgan fingerprint density at radius 3 is 2.35 bits per heavy atom. The van der Waals surface area contributed by atoms with Crippen molar-refractivity contribution < 1.29 is 4.79 Å². The van der Waals surface area contributed by atoms with E-state index in [1.54, 1.807) is 0 Å². The molecule has 4 heteroatoms. The van der Waals surface area contributed by atoms with Crippen LogP contribution in [0.1, 0.15) is 33.1 Å². The zero-order chi connectivity index (χ0) is 13.3. The van der Waals surface area contributed by atoms with E-state index < -0.39 is 0 Å². The van der Waals surface area contributed by atoms with Gasteiger partial charge in [-0.15, -0.1) is 0 Å². The Morgan fingerprint density at radius 1 is 1.24 bits per heavy atom. The summed E-state index contributed by atoms with van der Waals surface area (Å²) in [5.41, 5.74) is 5.47. The highest BCUT2D eigenvalue weighted by molar-refractivity contribution is 5.78. The molecule has 17 heavy (non-hydrogen) atoms. The highest BCUT2D eigenvalue weighted by atomic mass is 16.2. The Morgan fingerprint density at radius 2 is 1.88 bits per heavy atom. The van der Waals surface area contributed by atoms with E-state index in [4.69, 9.17) is 5.73 Å². The van der Waals surface area contributed by atoms with Crippen molar-refractivity contribution in [3.05, 3.63) is 0 Å². The minimum atomic E-state index is 0.109. The van der Waals surface area contributed by atoms with Crippen molar-refractivity contribution in [2.45, 2.75) is 33.1 Å². The maximum absolute atomic E-state index is 12.1. The van der Waals surface area contributed by atoms with Crippen molar-refractivity contribution in [3.8, 4) is 0 Å². The Bertz CT molecular complexity index is 207. The molecule has 0 rings (SSSR count). The van der Waals surface area contributed by atoms with Crippen LogP contribution in [-0.2, 0) is 4.79 Å². The van der Waals surface area contributed by atoms with Crippen LogP contribution < -0.4 is 5.73 Å². The van der Waals surface area contributed by atoms with Gasteiger partial charge in [-0.3, -0.25) is 4.79 Å². The molecule has 4 nitrogen and oxygen atoms in total. The van der Waals surface area contributed by atoms with Crippen LogP contribution in [0.4, 0.5) is 0 Å². The summed E-state index contributed by atoms with van der Waals surface area (Å²) in [6.07, 6.45) is 2.87. The van der Waals surface area contributed by atoms with Gasteiger partial charge in [0.05, 0.1) is 0 Å².